The Kier molecular flexibility index (Phi) is 11.9. The van der Waals surface area contributed by atoms with Crippen LogP contribution in [0.15, 0.2) is 0 Å². The van der Waals surface area contributed by atoms with Crippen LogP contribution in [0.2, 0.25) is 38.3 Å². The number of nitrogens with zero attached hydrogens (tertiary/aromatic N) is 1. The zero-order valence-corrected chi connectivity index (χ0v) is 21.5. The van der Waals surface area contributed by atoms with Crippen LogP contribution in [0.4, 0.5) is 0 Å². The maximum atomic E-state index is 12.1. The van der Waals surface area contributed by atoms with E-state index < -0.39 is 22.5 Å². The van der Waals surface area contributed by atoms with Crippen molar-refractivity contribution in [3.63, 3.8) is 0 Å². The van der Waals surface area contributed by atoms with Gasteiger partial charge in [0.05, 0.1) is 14.1 Å². The molecule has 0 rings (SSSR count). The summed E-state index contributed by atoms with van der Waals surface area (Å²) in [6, 6.07) is 2.09. The fourth-order valence-corrected chi connectivity index (χ4v) is 12.4. The van der Waals surface area contributed by atoms with Crippen LogP contribution in [0.3, 0.4) is 0 Å². The molecule has 0 aliphatic carbocycles. The number of hydrogen-bond acceptors (Lipinski definition) is 4. The second-order valence-electron chi connectivity index (χ2n) is 9.73. The fraction of sp³-hybridized carbons (Fsp3) is 0.842. The Morgan fingerprint density at radius 3 is 1.90 bits per heavy atom. The number of nitrogens with one attached hydrogen (secondary N) is 2. The van der Waals surface area contributed by atoms with Crippen molar-refractivity contribution in [3.05, 3.63) is 0 Å². The third kappa shape index (κ3) is 16.3. The van der Waals surface area contributed by atoms with Crippen LogP contribution in [0, 0.1) is 0 Å². The molecule has 4 N–H and O–H groups in total. The Labute approximate surface area is 178 Å². The Balaban J connectivity index is 4.16. The second kappa shape index (κ2) is 12.5. The van der Waals surface area contributed by atoms with Gasteiger partial charge in [-0.3, -0.25) is 14.4 Å². The number of carbonyl (C=O) groups excluding carboxylic acids is 3. The van der Waals surface area contributed by atoms with Crippen molar-refractivity contribution >= 4 is 34.4 Å². The van der Waals surface area contributed by atoms with Gasteiger partial charge in [0.1, 0.15) is 0 Å². The molecule has 0 spiro atoms. The van der Waals surface area contributed by atoms with Crippen LogP contribution < -0.4 is 16.4 Å². The summed E-state index contributed by atoms with van der Waals surface area (Å²) in [5.41, 5.74) is 5.22. The molecule has 0 bridgehead atoms. The minimum absolute atomic E-state index is 0.0220. The van der Waals surface area contributed by atoms with Crippen molar-refractivity contribution in [2.45, 2.75) is 64.5 Å². The predicted molar refractivity (Wildman–Crippen MR) is 122 cm³/mol. The fourth-order valence-electron chi connectivity index (χ4n) is 3.45. The molecule has 0 aromatic carbocycles. The molecular weight excluding hydrogens is 404 g/mol. The molecule has 0 aromatic rings. The smallest absolute Gasteiger partial charge is 0.275 e. The maximum Gasteiger partial charge on any atom is 0.275 e. The number of primary amides is 1. The molecule has 3 amide bonds. The average molecular weight is 448 g/mol. The lowest BCUT2D eigenvalue weighted by atomic mass is 10.3. The first-order valence-corrected chi connectivity index (χ1v) is 16.7. The van der Waals surface area contributed by atoms with Crippen LogP contribution >= 0.6 is 0 Å². The number of likely N-dealkylation sites (N-methyl/N-ethyl adjacent to an activating group) is 1. The number of carbonyl (C=O) groups is 3. The number of rotatable bonds is 15. The molecule has 0 radical (unpaired) electrons. The Hall–Kier alpha value is -1.24. The Morgan fingerprint density at radius 2 is 1.38 bits per heavy atom. The molecule has 8 nitrogen and oxygen atoms in total. The van der Waals surface area contributed by atoms with Gasteiger partial charge in [0, 0.05) is 20.0 Å². The molecule has 0 aromatic heterocycles. The van der Waals surface area contributed by atoms with Gasteiger partial charge < -0.3 is 25.0 Å². The highest BCUT2D eigenvalue weighted by atomic mass is 28.4. The zero-order chi connectivity index (χ0) is 22.7. The summed E-state index contributed by atoms with van der Waals surface area (Å²) in [5.74, 6) is -0.450. The van der Waals surface area contributed by atoms with E-state index in [0.29, 0.717) is 6.54 Å². The lowest BCUT2D eigenvalue weighted by Gasteiger charge is -2.34. The molecule has 170 valence electrons. The topological polar surface area (TPSA) is 111 Å². The van der Waals surface area contributed by atoms with Crippen molar-refractivity contribution in [1.82, 2.24) is 10.6 Å². The summed E-state index contributed by atoms with van der Waals surface area (Å²) < 4.78 is 6.86. The molecule has 0 aliphatic rings. The summed E-state index contributed by atoms with van der Waals surface area (Å²) in [5, 5.41) is 5.77. The second-order valence-corrected chi connectivity index (χ2v) is 18.6. The van der Waals surface area contributed by atoms with Gasteiger partial charge in [-0.2, -0.15) is 0 Å². The monoisotopic (exact) mass is 447 g/mol. The van der Waals surface area contributed by atoms with E-state index in [1.165, 1.54) is 0 Å². The third-order valence-electron chi connectivity index (χ3n) is 4.57. The highest BCUT2D eigenvalue weighted by Crippen LogP contribution is 2.24. The lowest BCUT2D eigenvalue weighted by molar-refractivity contribution is -0.874. The summed E-state index contributed by atoms with van der Waals surface area (Å²) in [6.45, 7) is 12.3. The van der Waals surface area contributed by atoms with Gasteiger partial charge >= 0.3 is 0 Å². The zero-order valence-electron chi connectivity index (χ0n) is 19.5. The van der Waals surface area contributed by atoms with Crippen LogP contribution in [-0.2, 0) is 18.5 Å². The first-order valence-electron chi connectivity index (χ1n) is 10.5. The third-order valence-corrected chi connectivity index (χ3v) is 12.1. The average Bonchev–Trinajstić information content (AvgIpc) is 2.47. The molecule has 0 saturated carbocycles. The van der Waals surface area contributed by atoms with Gasteiger partial charge in [-0.05, 0) is 51.1 Å². The van der Waals surface area contributed by atoms with E-state index in [9.17, 15) is 14.4 Å². The standard InChI is InChI=1S/C19H42N4O4Si2/c1-17(24)21-11-8-9-13-28(4,5)27-29(6,7)14-10-12-22-19(26)16-23(2,3)15-18(20)25/h8-16H2,1-7H3,(H3-,20,21,22,24,25,26)/p+1. The van der Waals surface area contributed by atoms with E-state index in [1.54, 1.807) is 6.92 Å². The van der Waals surface area contributed by atoms with E-state index in [0.717, 1.165) is 37.9 Å². The quantitative estimate of drug-likeness (QED) is 0.200. The van der Waals surface area contributed by atoms with Crippen molar-refractivity contribution in [3.8, 4) is 0 Å². The van der Waals surface area contributed by atoms with E-state index in [1.807, 2.05) is 14.1 Å². The first kappa shape index (κ1) is 27.8. The van der Waals surface area contributed by atoms with Crippen molar-refractivity contribution in [1.29, 1.82) is 0 Å². The molecule has 0 atom stereocenters. The molecule has 0 unspecified atom stereocenters. The van der Waals surface area contributed by atoms with Gasteiger partial charge in [0.2, 0.25) is 5.91 Å². The lowest BCUT2D eigenvalue weighted by Crippen LogP contribution is -2.51. The summed E-state index contributed by atoms with van der Waals surface area (Å²) >= 11 is 0. The van der Waals surface area contributed by atoms with Crippen LogP contribution in [0.1, 0.15) is 26.2 Å². The van der Waals surface area contributed by atoms with E-state index in [2.05, 4.69) is 36.8 Å². The summed E-state index contributed by atoms with van der Waals surface area (Å²) in [6.07, 6.45) is 2.94. The number of hydrogen-bond donors (Lipinski definition) is 3. The van der Waals surface area contributed by atoms with Gasteiger partial charge in [0.25, 0.3) is 11.8 Å². The van der Waals surface area contributed by atoms with Gasteiger partial charge in [-0.1, -0.05) is 6.42 Å². The molecule has 0 saturated heterocycles. The van der Waals surface area contributed by atoms with E-state index >= 15 is 0 Å². The number of quaternary nitrogens is 1. The molecule has 0 fully saturated rings. The van der Waals surface area contributed by atoms with Gasteiger partial charge in [0.15, 0.2) is 29.7 Å². The van der Waals surface area contributed by atoms with E-state index in [4.69, 9.17) is 9.85 Å². The molecule has 0 aliphatic heterocycles. The van der Waals surface area contributed by atoms with Crippen molar-refractivity contribution in [2.24, 2.45) is 5.73 Å². The molecule has 0 heterocycles. The Morgan fingerprint density at radius 1 is 0.862 bits per heavy atom. The SMILES string of the molecule is CC(=O)NCCCC[Si](C)(C)O[Si](C)(C)CCCNC(=O)C[N+](C)(C)CC(N)=O. The van der Waals surface area contributed by atoms with Crippen molar-refractivity contribution in [2.75, 3.05) is 40.3 Å². The normalized spacial score (nSPS) is 12.5. The summed E-state index contributed by atoms with van der Waals surface area (Å²) in [4.78, 5) is 34.0. The first-order chi connectivity index (χ1) is 13.1. The minimum Gasteiger partial charge on any atom is -0.455 e. The highest BCUT2D eigenvalue weighted by molar-refractivity contribution is 6.84. The number of nitrogens with two attached hydrogens (primary N) is 1. The van der Waals surface area contributed by atoms with E-state index in [-0.39, 0.29) is 29.4 Å². The van der Waals surface area contributed by atoms with Crippen LogP contribution in [0.25, 0.3) is 0 Å². The Bertz CT molecular complexity index is 554. The molecule has 10 heteroatoms. The van der Waals surface area contributed by atoms with Gasteiger partial charge in [-0.25, -0.2) is 0 Å². The van der Waals surface area contributed by atoms with Crippen LogP contribution in [-0.4, -0.2) is 79.1 Å². The predicted octanol–water partition coefficient (Wildman–Crippen LogP) is 1.40. The highest BCUT2D eigenvalue weighted by Gasteiger charge is 2.32. The van der Waals surface area contributed by atoms with Crippen LogP contribution in [0.5, 0.6) is 0 Å². The maximum absolute atomic E-state index is 12.1. The number of amides is 3. The molecule has 29 heavy (non-hydrogen) atoms. The molecular formula is C19H43N4O4Si2+. The largest absolute Gasteiger partial charge is 0.455 e. The van der Waals surface area contributed by atoms with Gasteiger partial charge in [-0.15, -0.1) is 0 Å². The summed E-state index contributed by atoms with van der Waals surface area (Å²) in [7, 11) is 0.113. The number of unbranched alkanes of at least 4 members (excludes halogenated alkanes) is 1. The van der Waals surface area contributed by atoms with Crippen molar-refractivity contribution < 1.29 is 23.0 Å². The minimum atomic E-state index is -1.79.